The monoisotopic (exact) mass is 340 g/mol. The molecule has 20 heavy (non-hydrogen) atoms. The minimum atomic E-state index is -0.583. The predicted octanol–water partition coefficient (Wildman–Crippen LogP) is 2.40. The molecule has 2 rings (SSSR count). The Balaban J connectivity index is 2.18. The maximum Gasteiger partial charge on any atom is 0.328 e. The first-order valence-corrected chi connectivity index (χ1v) is 7.44. The Morgan fingerprint density at radius 1 is 1.50 bits per heavy atom. The maximum absolute atomic E-state index is 12.5. The van der Waals surface area contributed by atoms with Gasteiger partial charge in [0.2, 0.25) is 0 Å². The number of carbonyl (C=O) groups excluding carboxylic acids is 2. The van der Waals surface area contributed by atoms with E-state index < -0.39 is 6.04 Å². The van der Waals surface area contributed by atoms with E-state index >= 15 is 0 Å². The van der Waals surface area contributed by atoms with Crippen molar-refractivity contribution in [1.82, 2.24) is 9.88 Å². The second kappa shape index (κ2) is 6.35. The highest BCUT2D eigenvalue weighted by Crippen LogP contribution is 2.30. The number of carbonyl (C=O) groups is 2. The average Bonchev–Trinajstić information content (AvgIpc) is 3.24. The van der Waals surface area contributed by atoms with E-state index in [-0.39, 0.29) is 17.9 Å². The van der Waals surface area contributed by atoms with E-state index in [1.54, 1.807) is 37.1 Å². The summed E-state index contributed by atoms with van der Waals surface area (Å²) in [5.74, 6) is -0.592. The quantitative estimate of drug-likeness (QED) is 0.772. The van der Waals surface area contributed by atoms with Crippen molar-refractivity contribution in [2.24, 2.45) is 0 Å². The Kier molecular flexibility index (Phi) is 4.75. The van der Waals surface area contributed by atoms with Crippen LogP contribution < -0.4 is 0 Å². The third-order valence-corrected chi connectivity index (χ3v) is 3.64. The molecule has 1 aliphatic rings. The highest BCUT2D eigenvalue weighted by atomic mass is 79.9. The van der Waals surface area contributed by atoms with Crippen molar-refractivity contribution >= 4 is 27.8 Å². The van der Waals surface area contributed by atoms with Crippen LogP contribution in [0.15, 0.2) is 22.8 Å². The third-order valence-electron chi connectivity index (χ3n) is 3.17. The topological polar surface area (TPSA) is 59.5 Å². The van der Waals surface area contributed by atoms with Crippen molar-refractivity contribution in [2.45, 2.75) is 38.8 Å². The van der Waals surface area contributed by atoms with E-state index in [1.165, 1.54) is 0 Å². The van der Waals surface area contributed by atoms with Gasteiger partial charge in [0.05, 0.1) is 6.61 Å². The number of nitrogens with zero attached hydrogens (tertiary/aromatic N) is 2. The van der Waals surface area contributed by atoms with E-state index in [0.717, 1.165) is 17.3 Å². The lowest BCUT2D eigenvalue weighted by Crippen LogP contribution is -2.45. The Labute approximate surface area is 126 Å². The van der Waals surface area contributed by atoms with Crippen LogP contribution in [-0.2, 0) is 9.53 Å². The van der Waals surface area contributed by atoms with Crippen LogP contribution in [-0.4, -0.2) is 40.5 Å². The molecule has 1 amide bonds. The van der Waals surface area contributed by atoms with E-state index in [9.17, 15) is 9.59 Å². The summed E-state index contributed by atoms with van der Waals surface area (Å²) in [7, 11) is 0. The second-order valence-electron chi connectivity index (χ2n) is 4.73. The van der Waals surface area contributed by atoms with Crippen molar-refractivity contribution in [2.75, 3.05) is 6.61 Å². The smallest absolute Gasteiger partial charge is 0.328 e. The van der Waals surface area contributed by atoms with Gasteiger partial charge in [-0.15, -0.1) is 0 Å². The zero-order valence-electron chi connectivity index (χ0n) is 11.5. The molecule has 5 nitrogen and oxygen atoms in total. The van der Waals surface area contributed by atoms with Gasteiger partial charge in [0.1, 0.15) is 11.7 Å². The molecule has 0 aromatic carbocycles. The van der Waals surface area contributed by atoms with Crippen LogP contribution in [0, 0.1) is 0 Å². The van der Waals surface area contributed by atoms with E-state index in [4.69, 9.17) is 4.74 Å². The normalized spacial score (nSPS) is 15.6. The molecule has 1 saturated carbocycles. The van der Waals surface area contributed by atoms with Crippen LogP contribution in [0.4, 0.5) is 0 Å². The molecule has 108 valence electrons. The predicted molar refractivity (Wildman–Crippen MR) is 77.2 cm³/mol. The van der Waals surface area contributed by atoms with Crippen LogP contribution in [0.5, 0.6) is 0 Å². The minimum Gasteiger partial charge on any atom is -0.464 e. The van der Waals surface area contributed by atoms with E-state index in [1.807, 2.05) is 0 Å². The van der Waals surface area contributed by atoms with Crippen molar-refractivity contribution in [3.63, 3.8) is 0 Å². The maximum atomic E-state index is 12.5. The summed E-state index contributed by atoms with van der Waals surface area (Å²) < 4.78 is 5.82. The number of halogens is 1. The average molecular weight is 341 g/mol. The number of esters is 1. The summed E-state index contributed by atoms with van der Waals surface area (Å²) in [6.07, 6.45) is 3.42. The Morgan fingerprint density at radius 3 is 2.70 bits per heavy atom. The largest absolute Gasteiger partial charge is 0.464 e. The van der Waals surface area contributed by atoms with Crippen LogP contribution >= 0.6 is 15.9 Å². The summed E-state index contributed by atoms with van der Waals surface area (Å²) in [4.78, 5) is 30.1. The molecule has 1 atom stereocenters. The number of pyridine rings is 1. The molecule has 1 aliphatic carbocycles. The molecule has 1 aromatic heterocycles. The molecule has 1 unspecified atom stereocenters. The number of rotatable bonds is 5. The fourth-order valence-electron chi connectivity index (χ4n) is 2.02. The van der Waals surface area contributed by atoms with Gasteiger partial charge in [0, 0.05) is 16.7 Å². The Hall–Kier alpha value is -1.43. The first kappa shape index (κ1) is 15.0. The molecule has 0 spiro atoms. The van der Waals surface area contributed by atoms with Gasteiger partial charge in [-0.1, -0.05) is 0 Å². The van der Waals surface area contributed by atoms with Gasteiger partial charge in [0.15, 0.2) is 0 Å². The molecule has 0 saturated heterocycles. The van der Waals surface area contributed by atoms with Crippen molar-refractivity contribution < 1.29 is 14.3 Å². The van der Waals surface area contributed by atoms with E-state index in [2.05, 4.69) is 20.9 Å². The summed E-state index contributed by atoms with van der Waals surface area (Å²) in [6.45, 7) is 3.77. The standard InChI is InChI=1S/C14H17BrN2O3/c1-3-20-14(19)9(2)17(11-5-6-11)13(18)12-7-4-10(15)8-16-12/h4,7-9,11H,3,5-6H2,1-2H3. The number of hydrogen-bond donors (Lipinski definition) is 0. The summed E-state index contributed by atoms with van der Waals surface area (Å²) in [5.41, 5.74) is 0.344. The van der Waals surface area contributed by atoms with Crippen LogP contribution in [0.1, 0.15) is 37.2 Å². The van der Waals surface area contributed by atoms with E-state index in [0.29, 0.717) is 12.3 Å². The van der Waals surface area contributed by atoms with Crippen molar-refractivity contribution in [3.05, 3.63) is 28.5 Å². The zero-order valence-corrected chi connectivity index (χ0v) is 13.1. The lowest BCUT2D eigenvalue weighted by molar-refractivity contribution is -0.148. The molecular weight excluding hydrogens is 324 g/mol. The first-order chi connectivity index (χ1) is 9.54. The first-order valence-electron chi connectivity index (χ1n) is 6.65. The van der Waals surface area contributed by atoms with Gasteiger partial charge in [-0.05, 0) is 54.8 Å². The van der Waals surface area contributed by atoms with Crippen LogP contribution in [0.3, 0.4) is 0 Å². The van der Waals surface area contributed by atoms with Crippen molar-refractivity contribution in [3.8, 4) is 0 Å². The molecule has 6 heteroatoms. The number of amides is 1. The Bertz CT molecular complexity index is 500. The Morgan fingerprint density at radius 2 is 2.20 bits per heavy atom. The lowest BCUT2D eigenvalue weighted by atomic mass is 10.2. The highest BCUT2D eigenvalue weighted by Gasteiger charge is 2.39. The van der Waals surface area contributed by atoms with Crippen LogP contribution in [0.2, 0.25) is 0 Å². The molecule has 0 aliphatic heterocycles. The third kappa shape index (κ3) is 3.36. The summed E-state index contributed by atoms with van der Waals surface area (Å²) in [6, 6.07) is 2.95. The molecule has 0 radical (unpaired) electrons. The fraction of sp³-hybridized carbons (Fsp3) is 0.500. The van der Waals surface area contributed by atoms with Gasteiger partial charge >= 0.3 is 5.97 Å². The SMILES string of the molecule is CCOC(=O)C(C)N(C(=O)c1ccc(Br)cn1)C1CC1. The number of aromatic nitrogens is 1. The van der Waals surface area contributed by atoms with Crippen molar-refractivity contribution in [1.29, 1.82) is 0 Å². The van der Waals surface area contributed by atoms with Gasteiger partial charge < -0.3 is 9.64 Å². The number of ether oxygens (including phenoxy) is 1. The van der Waals surface area contributed by atoms with Gasteiger partial charge in [-0.3, -0.25) is 4.79 Å². The van der Waals surface area contributed by atoms with Gasteiger partial charge in [-0.2, -0.15) is 0 Å². The fourth-order valence-corrected chi connectivity index (χ4v) is 2.26. The lowest BCUT2D eigenvalue weighted by Gasteiger charge is -2.27. The molecule has 1 aromatic rings. The summed E-state index contributed by atoms with van der Waals surface area (Å²) in [5, 5.41) is 0. The minimum absolute atomic E-state index is 0.118. The molecule has 0 N–H and O–H groups in total. The van der Waals surface area contributed by atoms with Gasteiger partial charge in [-0.25, -0.2) is 9.78 Å². The van der Waals surface area contributed by atoms with Gasteiger partial charge in [0.25, 0.3) is 5.91 Å². The summed E-state index contributed by atoms with van der Waals surface area (Å²) >= 11 is 3.28. The molecule has 0 bridgehead atoms. The highest BCUT2D eigenvalue weighted by molar-refractivity contribution is 9.10. The number of hydrogen-bond acceptors (Lipinski definition) is 4. The molecular formula is C14H17BrN2O3. The zero-order chi connectivity index (χ0) is 14.7. The molecule has 1 fully saturated rings. The second-order valence-corrected chi connectivity index (χ2v) is 5.65. The van der Waals surface area contributed by atoms with Crippen LogP contribution in [0.25, 0.3) is 0 Å². The molecule has 1 heterocycles.